The molecule has 0 unspecified atom stereocenters. The quantitative estimate of drug-likeness (QED) is 0.304. The molecular formula is C23H20BCl2N5O. The van der Waals surface area contributed by atoms with E-state index in [0.717, 1.165) is 24.2 Å². The zero-order valence-corrected chi connectivity index (χ0v) is 18.7. The number of benzene rings is 2. The highest BCUT2D eigenvalue weighted by atomic mass is 35.5. The second-order valence-electron chi connectivity index (χ2n) is 7.24. The molecule has 0 saturated carbocycles. The van der Waals surface area contributed by atoms with Crippen molar-refractivity contribution in [3.8, 4) is 11.3 Å². The maximum Gasteiger partial charge on any atom is 0.251 e. The fraction of sp³-hybridized carbons (Fsp3) is 0.174. The van der Waals surface area contributed by atoms with Crippen molar-refractivity contribution in [3.63, 3.8) is 0 Å². The van der Waals surface area contributed by atoms with Gasteiger partial charge in [0, 0.05) is 46.5 Å². The Morgan fingerprint density at radius 1 is 1.03 bits per heavy atom. The number of nitrogens with one attached hydrogen (secondary N) is 2. The smallest absolute Gasteiger partial charge is 0.251 e. The first-order chi connectivity index (χ1) is 15.5. The maximum atomic E-state index is 12.2. The molecule has 0 aliphatic rings. The number of nitrogens with zero attached hydrogens (tertiary/aromatic N) is 3. The Morgan fingerprint density at radius 3 is 2.66 bits per heavy atom. The van der Waals surface area contributed by atoms with Crippen molar-refractivity contribution in [2.45, 2.75) is 12.8 Å². The SMILES string of the molecule is [B]c1cnn2c(NCCCCNC(=O)c3cccc(Cl)c3)cc(-c3ccccc3Cl)nc12. The van der Waals surface area contributed by atoms with Crippen LogP contribution >= 0.6 is 23.2 Å². The lowest BCUT2D eigenvalue weighted by Gasteiger charge is -2.12. The molecule has 32 heavy (non-hydrogen) atoms. The van der Waals surface area contributed by atoms with Gasteiger partial charge < -0.3 is 10.6 Å². The van der Waals surface area contributed by atoms with Crippen molar-refractivity contribution in [3.05, 3.63) is 76.4 Å². The third-order valence-electron chi connectivity index (χ3n) is 4.93. The van der Waals surface area contributed by atoms with Gasteiger partial charge in [0.25, 0.3) is 5.91 Å². The molecule has 0 bridgehead atoms. The predicted octanol–water partition coefficient (Wildman–Crippen LogP) is 4.12. The Balaban J connectivity index is 1.37. The van der Waals surface area contributed by atoms with Crippen LogP contribution in [0.25, 0.3) is 16.9 Å². The van der Waals surface area contributed by atoms with Crippen molar-refractivity contribution in [1.29, 1.82) is 0 Å². The number of rotatable bonds is 8. The van der Waals surface area contributed by atoms with E-state index in [1.807, 2.05) is 30.3 Å². The van der Waals surface area contributed by atoms with Gasteiger partial charge >= 0.3 is 0 Å². The molecule has 4 aromatic rings. The summed E-state index contributed by atoms with van der Waals surface area (Å²) in [7, 11) is 6.06. The molecule has 0 aliphatic heterocycles. The number of carbonyl (C=O) groups is 1. The van der Waals surface area contributed by atoms with E-state index in [2.05, 4.69) is 20.7 Å². The lowest BCUT2D eigenvalue weighted by molar-refractivity contribution is 0.0953. The molecule has 160 valence electrons. The van der Waals surface area contributed by atoms with Crippen molar-refractivity contribution in [1.82, 2.24) is 19.9 Å². The van der Waals surface area contributed by atoms with Gasteiger partial charge in [-0.2, -0.15) is 9.61 Å². The van der Waals surface area contributed by atoms with Gasteiger partial charge in [-0.15, -0.1) is 0 Å². The number of carbonyl (C=O) groups excluding carboxylic acids is 1. The molecule has 0 saturated heterocycles. The van der Waals surface area contributed by atoms with Crippen LogP contribution in [-0.4, -0.2) is 41.4 Å². The molecule has 0 atom stereocenters. The van der Waals surface area contributed by atoms with Crippen molar-refractivity contribution in [2.75, 3.05) is 18.4 Å². The average Bonchev–Trinajstić information content (AvgIpc) is 3.17. The van der Waals surface area contributed by atoms with E-state index in [0.29, 0.717) is 45.5 Å². The van der Waals surface area contributed by atoms with Crippen LogP contribution in [0.3, 0.4) is 0 Å². The Kier molecular flexibility index (Phi) is 6.97. The molecule has 4 rings (SSSR count). The third-order valence-corrected chi connectivity index (χ3v) is 5.50. The lowest BCUT2D eigenvalue weighted by Crippen LogP contribution is -2.24. The normalized spacial score (nSPS) is 10.9. The number of anilines is 1. The van der Waals surface area contributed by atoms with Gasteiger partial charge in [0.15, 0.2) is 5.65 Å². The van der Waals surface area contributed by atoms with Gasteiger partial charge in [0.2, 0.25) is 0 Å². The summed E-state index contributed by atoms with van der Waals surface area (Å²) in [5.41, 5.74) is 3.15. The van der Waals surface area contributed by atoms with E-state index in [4.69, 9.17) is 31.0 Å². The Morgan fingerprint density at radius 2 is 1.84 bits per heavy atom. The van der Waals surface area contributed by atoms with Gasteiger partial charge in [0.1, 0.15) is 13.7 Å². The monoisotopic (exact) mass is 463 g/mol. The predicted molar refractivity (Wildman–Crippen MR) is 130 cm³/mol. The van der Waals surface area contributed by atoms with Gasteiger partial charge in [-0.05, 0) is 42.6 Å². The lowest BCUT2D eigenvalue weighted by atomic mass is 10.0. The number of fused-ring (bicyclic) bond motifs is 1. The Labute approximate surface area is 197 Å². The third kappa shape index (κ3) is 5.06. The van der Waals surface area contributed by atoms with Crippen LogP contribution in [0.2, 0.25) is 10.0 Å². The maximum absolute atomic E-state index is 12.2. The topological polar surface area (TPSA) is 71.3 Å². The highest BCUT2D eigenvalue weighted by Gasteiger charge is 2.12. The Bertz CT molecular complexity index is 1260. The van der Waals surface area contributed by atoms with Gasteiger partial charge in [-0.1, -0.05) is 47.5 Å². The van der Waals surface area contributed by atoms with Crippen LogP contribution in [0.5, 0.6) is 0 Å². The van der Waals surface area contributed by atoms with Crippen molar-refractivity contribution >= 4 is 53.9 Å². The largest absolute Gasteiger partial charge is 0.370 e. The number of halogens is 2. The molecule has 0 fully saturated rings. The second kappa shape index (κ2) is 10.1. The van der Waals surface area contributed by atoms with Gasteiger partial charge in [-0.25, -0.2) is 4.98 Å². The van der Waals surface area contributed by atoms with Gasteiger partial charge in [0.05, 0.1) is 5.69 Å². The van der Waals surface area contributed by atoms with Crippen LogP contribution in [0, 0.1) is 0 Å². The average molecular weight is 464 g/mol. The highest BCUT2D eigenvalue weighted by molar-refractivity contribution is 6.36. The molecule has 2 radical (unpaired) electrons. The number of amides is 1. The highest BCUT2D eigenvalue weighted by Crippen LogP contribution is 2.28. The summed E-state index contributed by atoms with van der Waals surface area (Å²) in [5, 5.41) is 11.8. The summed E-state index contributed by atoms with van der Waals surface area (Å²) in [6.07, 6.45) is 3.24. The summed E-state index contributed by atoms with van der Waals surface area (Å²) in [4.78, 5) is 16.8. The van der Waals surface area contributed by atoms with Crippen LogP contribution < -0.4 is 16.1 Å². The van der Waals surface area contributed by atoms with E-state index >= 15 is 0 Å². The molecular weight excluding hydrogens is 444 g/mol. The molecule has 2 aromatic carbocycles. The van der Waals surface area contributed by atoms with Crippen molar-refractivity contribution in [2.24, 2.45) is 0 Å². The van der Waals surface area contributed by atoms with E-state index in [-0.39, 0.29) is 5.91 Å². The van der Waals surface area contributed by atoms with Crippen LogP contribution in [0.1, 0.15) is 23.2 Å². The van der Waals surface area contributed by atoms with Crippen LogP contribution in [-0.2, 0) is 0 Å². The fourth-order valence-corrected chi connectivity index (χ4v) is 3.74. The minimum absolute atomic E-state index is 0.132. The number of aromatic nitrogens is 3. The molecule has 1 amide bonds. The van der Waals surface area contributed by atoms with E-state index in [9.17, 15) is 4.79 Å². The minimum Gasteiger partial charge on any atom is -0.370 e. The van der Waals surface area contributed by atoms with Crippen LogP contribution in [0.15, 0.2) is 60.8 Å². The molecule has 9 heteroatoms. The zero-order chi connectivity index (χ0) is 22.5. The van der Waals surface area contributed by atoms with Crippen molar-refractivity contribution < 1.29 is 4.79 Å². The van der Waals surface area contributed by atoms with Crippen LogP contribution in [0.4, 0.5) is 5.82 Å². The summed E-state index contributed by atoms with van der Waals surface area (Å²) in [6.45, 7) is 1.26. The Hall–Kier alpha value is -3.03. The first-order valence-electron chi connectivity index (χ1n) is 10.2. The standard InChI is InChI=1S/C23H20BCl2N5O/c24-18-14-29-31-21(13-20(30-22(18)31)17-8-1-2-9-19(17)26)27-10-3-4-11-28-23(32)15-6-5-7-16(25)12-15/h1-2,5-9,12-14,27H,3-4,10-11H2,(H,28,32). The second-order valence-corrected chi connectivity index (χ2v) is 8.09. The fourth-order valence-electron chi connectivity index (χ4n) is 3.31. The summed E-state index contributed by atoms with van der Waals surface area (Å²) >= 11 is 12.3. The van der Waals surface area contributed by atoms with E-state index < -0.39 is 0 Å². The van der Waals surface area contributed by atoms with E-state index in [1.54, 1.807) is 35.0 Å². The summed E-state index contributed by atoms with van der Waals surface area (Å²) in [5.74, 6) is 0.636. The number of hydrogen-bond donors (Lipinski definition) is 2. The minimum atomic E-state index is -0.132. The zero-order valence-electron chi connectivity index (χ0n) is 17.2. The van der Waals surface area contributed by atoms with E-state index in [1.165, 1.54) is 0 Å². The van der Waals surface area contributed by atoms with Gasteiger partial charge in [-0.3, -0.25) is 4.79 Å². The molecule has 0 aliphatic carbocycles. The molecule has 2 N–H and O–H groups in total. The first kappa shape index (κ1) is 22.2. The molecule has 2 heterocycles. The molecule has 0 spiro atoms. The molecule has 6 nitrogen and oxygen atoms in total. The summed E-state index contributed by atoms with van der Waals surface area (Å²) in [6, 6.07) is 16.3. The number of unbranched alkanes of at least 4 members (excludes halogenated alkanes) is 1. The molecule has 2 aromatic heterocycles. The summed E-state index contributed by atoms with van der Waals surface area (Å²) < 4.78 is 1.68. The number of hydrogen-bond acceptors (Lipinski definition) is 4. The first-order valence-corrected chi connectivity index (χ1v) is 11.0.